The van der Waals surface area contributed by atoms with E-state index in [-0.39, 0.29) is 24.4 Å². The molecular formula is C19H25ClN2O2. The molecular weight excluding hydrogens is 324 g/mol. The number of hydrogen-bond donors (Lipinski definition) is 2. The molecule has 5 heteroatoms. The van der Waals surface area contributed by atoms with Gasteiger partial charge in [0.25, 0.3) is 0 Å². The summed E-state index contributed by atoms with van der Waals surface area (Å²) in [5, 5.41) is 2.97. The minimum atomic E-state index is -0.573. The molecule has 1 amide bonds. The molecule has 0 aromatic heterocycles. The van der Waals surface area contributed by atoms with Gasteiger partial charge < -0.3 is 15.8 Å². The number of hydrogen-bond acceptors (Lipinski definition) is 3. The van der Waals surface area contributed by atoms with Gasteiger partial charge in [0, 0.05) is 5.56 Å². The van der Waals surface area contributed by atoms with E-state index in [0.717, 1.165) is 22.4 Å². The van der Waals surface area contributed by atoms with Gasteiger partial charge in [-0.2, -0.15) is 0 Å². The molecule has 24 heavy (non-hydrogen) atoms. The lowest BCUT2D eigenvalue weighted by atomic mass is 10.0. The van der Waals surface area contributed by atoms with E-state index in [2.05, 4.69) is 5.32 Å². The predicted octanol–water partition coefficient (Wildman–Crippen LogP) is 3.17. The average Bonchev–Trinajstić information content (AvgIpc) is 2.55. The van der Waals surface area contributed by atoms with Crippen LogP contribution in [0.5, 0.6) is 5.75 Å². The highest BCUT2D eigenvalue weighted by Gasteiger charge is 2.19. The fraction of sp³-hybridized carbons (Fsp3) is 0.316. The Kier molecular flexibility index (Phi) is 7.75. The quantitative estimate of drug-likeness (QED) is 0.842. The first kappa shape index (κ1) is 20.0. The summed E-state index contributed by atoms with van der Waals surface area (Å²) in [7, 11) is 1.63. The van der Waals surface area contributed by atoms with Gasteiger partial charge in [-0.25, -0.2) is 0 Å². The molecule has 2 aromatic rings. The molecule has 3 N–H and O–H groups in total. The maximum Gasteiger partial charge on any atom is 0.237 e. The third-order valence-electron chi connectivity index (χ3n) is 3.85. The number of ether oxygens (including phenoxy) is 1. The zero-order valence-electron chi connectivity index (χ0n) is 14.3. The minimum absolute atomic E-state index is 0. The number of amides is 1. The second-order valence-electron chi connectivity index (χ2n) is 5.77. The second kappa shape index (κ2) is 9.30. The molecule has 0 bridgehead atoms. The molecule has 0 saturated carbocycles. The van der Waals surface area contributed by atoms with Crippen LogP contribution in [0.25, 0.3) is 0 Å². The van der Waals surface area contributed by atoms with Crippen LogP contribution >= 0.6 is 12.4 Å². The maximum atomic E-state index is 12.3. The fourth-order valence-corrected chi connectivity index (χ4v) is 2.55. The summed E-state index contributed by atoms with van der Waals surface area (Å²) in [5.41, 5.74) is 9.16. The number of nitrogens with two attached hydrogens (primary N) is 1. The molecule has 1 unspecified atom stereocenters. The van der Waals surface area contributed by atoms with Gasteiger partial charge in [-0.15, -0.1) is 12.4 Å². The number of nitrogens with one attached hydrogen (secondary N) is 1. The van der Waals surface area contributed by atoms with Gasteiger partial charge in [0.1, 0.15) is 5.75 Å². The lowest BCUT2D eigenvalue weighted by Crippen LogP contribution is -2.43. The largest absolute Gasteiger partial charge is 0.496 e. The van der Waals surface area contributed by atoms with E-state index in [1.165, 1.54) is 0 Å². The van der Waals surface area contributed by atoms with Crippen LogP contribution in [0.15, 0.2) is 48.5 Å². The lowest BCUT2D eigenvalue weighted by Gasteiger charge is -2.20. The molecule has 0 aliphatic rings. The van der Waals surface area contributed by atoms with Crippen molar-refractivity contribution in [1.82, 2.24) is 5.32 Å². The van der Waals surface area contributed by atoms with Gasteiger partial charge in [-0.3, -0.25) is 4.79 Å². The van der Waals surface area contributed by atoms with E-state index >= 15 is 0 Å². The normalized spacial score (nSPS) is 12.7. The Balaban J connectivity index is 0.00000288. The van der Waals surface area contributed by atoms with Crippen LogP contribution in [0.3, 0.4) is 0 Å². The first-order chi connectivity index (χ1) is 11.0. The van der Waals surface area contributed by atoms with Gasteiger partial charge in [-0.1, -0.05) is 48.0 Å². The van der Waals surface area contributed by atoms with Crippen molar-refractivity contribution in [3.8, 4) is 5.75 Å². The zero-order chi connectivity index (χ0) is 16.8. The summed E-state index contributed by atoms with van der Waals surface area (Å²) >= 11 is 0. The number of methoxy groups -OCH3 is 1. The molecule has 0 radical (unpaired) electrons. The minimum Gasteiger partial charge on any atom is -0.496 e. The smallest absolute Gasteiger partial charge is 0.237 e. The second-order valence-corrected chi connectivity index (χ2v) is 5.77. The van der Waals surface area contributed by atoms with Crippen molar-refractivity contribution < 1.29 is 9.53 Å². The summed E-state index contributed by atoms with van der Waals surface area (Å²) in [4.78, 5) is 12.3. The number of halogens is 1. The maximum absolute atomic E-state index is 12.3. The van der Waals surface area contributed by atoms with Gasteiger partial charge in [0.05, 0.1) is 19.2 Å². The van der Waals surface area contributed by atoms with E-state index in [4.69, 9.17) is 10.5 Å². The van der Waals surface area contributed by atoms with E-state index in [1.807, 2.05) is 62.4 Å². The molecule has 130 valence electrons. The zero-order valence-corrected chi connectivity index (χ0v) is 15.1. The first-order valence-corrected chi connectivity index (χ1v) is 7.75. The Labute approximate surface area is 149 Å². The van der Waals surface area contributed by atoms with Crippen LogP contribution in [-0.4, -0.2) is 19.1 Å². The number of carbonyl (C=O) groups is 1. The van der Waals surface area contributed by atoms with Crippen LogP contribution in [-0.2, 0) is 11.2 Å². The van der Waals surface area contributed by atoms with Crippen molar-refractivity contribution in [1.29, 1.82) is 0 Å². The van der Waals surface area contributed by atoms with Gasteiger partial charge in [0.15, 0.2) is 0 Å². The van der Waals surface area contributed by atoms with Crippen molar-refractivity contribution in [2.75, 3.05) is 7.11 Å². The van der Waals surface area contributed by atoms with Crippen molar-refractivity contribution in [3.05, 3.63) is 65.2 Å². The highest BCUT2D eigenvalue weighted by molar-refractivity contribution is 5.85. The van der Waals surface area contributed by atoms with Gasteiger partial charge in [0.2, 0.25) is 5.91 Å². The topological polar surface area (TPSA) is 64.3 Å². The van der Waals surface area contributed by atoms with Crippen molar-refractivity contribution in [2.24, 2.45) is 5.73 Å². The average molecular weight is 349 g/mol. The highest BCUT2D eigenvalue weighted by atomic mass is 35.5. The van der Waals surface area contributed by atoms with E-state index in [9.17, 15) is 4.79 Å². The summed E-state index contributed by atoms with van der Waals surface area (Å²) in [5.74, 6) is 0.602. The number of benzene rings is 2. The standard InChI is InChI=1S/C19H24N2O2.ClH/c1-13-9-10-18(23-3)16(11-13)14(2)21-19(22)17(20)12-15-7-5-4-6-8-15;/h4-11,14,17H,12,20H2,1-3H3,(H,21,22);1H/t14?,17-;/m0./s1. The lowest BCUT2D eigenvalue weighted by molar-refractivity contribution is -0.123. The SMILES string of the molecule is COc1ccc(C)cc1C(C)NC(=O)[C@@H](N)Cc1ccccc1.Cl. The molecule has 2 rings (SSSR count). The Bertz CT molecular complexity index is 662. The fourth-order valence-electron chi connectivity index (χ4n) is 2.55. The Hall–Kier alpha value is -2.04. The molecule has 0 saturated heterocycles. The molecule has 0 heterocycles. The third kappa shape index (κ3) is 5.25. The van der Waals surface area contributed by atoms with Crippen molar-refractivity contribution >= 4 is 18.3 Å². The third-order valence-corrected chi connectivity index (χ3v) is 3.85. The molecule has 4 nitrogen and oxygen atoms in total. The summed E-state index contributed by atoms with van der Waals surface area (Å²) in [6, 6.07) is 15.0. The predicted molar refractivity (Wildman–Crippen MR) is 99.7 cm³/mol. The van der Waals surface area contributed by atoms with Crippen molar-refractivity contribution in [3.63, 3.8) is 0 Å². The summed E-state index contributed by atoms with van der Waals surface area (Å²) in [6.45, 7) is 3.95. The van der Waals surface area contributed by atoms with Crippen LogP contribution in [0.4, 0.5) is 0 Å². The van der Waals surface area contributed by atoms with Crippen LogP contribution in [0.1, 0.15) is 29.7 Å². The van der Waals surface area contributed by atoms with Crippen LogP contribution in [0, 0.1) is 6.92 Å². The van der Waals surface area contributed by atoms with Crippen molar-refractivity contribution in [2.45, 2.75) is 32.4 Å². The van der Waals surface area contributed by atoms with Gasteiger partial charge in [-0.05, 0) is 31.9 Å². The Morgan fingerprint density at radius 2 is 1.88 bits per heavy atom. The number of aryl methyl sites for hydroxylation is 1. The highest BCUT2D eigenvalue weighted by Crippen LogP contribution is 2.26. The van der Waals surface area contributed by atoms with Gasteiger partial charge >= 0.3 is 0 Å². The first-order valence-electron chi connectivity index (χ1n) is 7.75. The van der Waals surface area contributed by atoms with E-state index in [0.29, 0.717) is 6.42 Å². The van der Waals surface area contributed by atoms with E-state index < -0.39 is 6.04 Å². The Morgan fingerprint density at radius 1 is 1.21 bits per heavy atom. The molecule has 0 spiro atoms. The van der Waals surface area contributed by atoms with E-state index in [1.54, 1.807) is 7.11 Å². The molecule has 2 atom stereocenters. The number of rotatable bonds is 6. The molecule has 0 aliphatic carbocycles. The van der Waals surface area contributed by atoms with Crippen LogP contribution < -0.4 is 15.8 Å². The molecule has 2 aromatic carbocycles. The van der Waals surface area contributed by atoms with Crippen LogP contribution in [0.2, 0.25) is 0 Å². The molecule has 0 aliphatic heterocycles. The summed E-state index contributed by atoms with van der Waals surface area (Å²) < 4.78 is 5.38. The number of carbonyl (C=O) groups excluding carboxylic acids is 1. The Morgan fingerprint density at radius 3 is 2.50 bits per heavy atom. The molecule has 0 fully saturated rings. The monoisotopic (exact) mass is 348 g/mol. The summed E-state index contributed by atoms with van der Waals surface area (Å²) in [6.07, 6.45) is 0.518.